The highest BCUT2D eigenvalue weighted by atomic mass is 35.5. The van der Waals surface area contributed by atoms with Crippen LogP contribution in [0.1, 0.15) is 50.7 Å². The Bertz CT molecular complexity index is 1180. The molecule has 182 valence electrons. The molecule has 2 aromatic heterocycles. The fourth-order valence-corrected chi connectivity index (χ4v) is 3.80. The largest absolute Gasteiger partial charge is 0.495 e. The number of rotatable bonds is 4. The monoisotopic (exact) mass is 503 g/mol. The lowest BCUT2D eigenvalue weighted by Gasteiger charge is -2.13. The molecule has 10 heteroatoms. The third-order valence-electron chi connectivity index (χ3n) is 4.05. The van der Waals surface area contributed by atoms with Crippen molar-refractivity contribution in [1.29, 1.82) is 0 Å². The summed E-state index contributed by atoms with van der Waals surface area (Å²) in [6, 6.07) is 3.09. The van der Waals surface area contributed by atoms with Gasteiger partial charge in [-0.15, -0.1) is 0 Å². The number of carbonyl (C=O) groups is 1. The number of aromatic amines is 1. The van der Waals surface area contributed by atoms with Gasteiger partial charge < -0.3 is 15.0 Å². The molecule has 0 saturated heterocycles. The molecule has 2 aromatic rings. The van der Waals surface area contributed by atoms with Crippen LogP contribution in [0.3, 0.4) is 0 Å². The van der Waals surface area contributed by atoms with Crippen LogP contribution < -0.4 is 15.6 Å². The fourth-order valence-electron chi connectivity index (χ4n) is 2.73. The molecule has 0 bridgehead atoms. The van der Waals surface area contributed by atoms with E-state index in [-0.39, 0.29) is 11.1 Å². The summed E-state index contributed by atoms with van der Waals surface area (Å²) in [5, 5.41) is 4.05. The van der Waals surface area contributed by atoms with E-state index >= 15 is 0 Å². The Morgan fingerprint density at radius 1 is 1.26 bits per heavy atom. The van der Waals surface area contributed by atoms with E-state index < -0.39 is 5.91 Å². The summed E-state index contributed by atoms with van der Waals surface area (Å²) in [7, 11) is 1.48. The summed E-state index contributed by atoms with van der Waals surface area (Å²) < 4.78 is 5.35. The van der Waals surface area contributed by atoms with Gasteiger partial charge in [0.05, 0.1) is 12.7 Å². The maximum atomic E-state index is 13.1. The number of ether oxygens (including phenoxy) is 1. The first kappa shape index (κ1) is 28.9. The molecule has 8 nitrogen and oxygen atoms in total. The Labute approximate surface area is 209 Å². The average Bonchev–Trinajstić information content (AvgIpc) is 3.24. The number of aromatic nitrogens is 2. The van der Waals surface area contributed by atoms with Crippen molar-refractivity contribution in [2.45, 2.75) is 41.5 Å². The lowest BCUT2D eigenvalue weighted by atomic mass is 10.0. The zero-order chi connectivity index (χ0) is 25.8. The molecule has 34 heavy (non-hydrogen) atoms. The highest BCUT2D eigenvalue weighted by Crippen LogP contribution is 2.32. The van der Waals surface area contributed by atoms with E-state index in [1.54, 1.807) is 19.9 Å². The van der Waals surface area contributed by atoms with Crippen LogP contribution in [0.2, 0.25) is 0 Å². The van der Waals surface area contributed by atoms with Crippen LogP contribution in [0.15, 0.2) is 62.8 Å². The van der Waals surface area contributed by atoms with Gasteiger partial charge in [0.2, 0.25) is 5.56 Å². The van der Waals surface area contributed by atoms with Crippen LogP contribution in [0, 0.1) is 6.92 Å². The lowest BCUT2D eigenvalue weighted by Crippen LogP contribution is -2.28. The second-order valence-corrected chi connectivity index (χ2v) is 7.67. The van der Waals surface area contributed by atoms with Crippen molar-refractivity contribution in [3.8, 4) is 16.9 Å². The number of amides is 1. The van der Waals surface area contributed by atoms with Gasteiger partial charge in [0.1, 0.15) is 16.5 Å². The first-order valence-corrected chi connectivity index (χ1v) is 11.9. The average molecular weight is 504 g/mol. The van der Waals surface area contributed by atoms with Gasteiger partial charge in [0.25, 0.3) is 5.91 Å². The molecule has 0 unspecified atom stereocenters. The van der Waals surface area contributed by atoms with E-state index in [2.05, 4.69) is 31.8 Å². The number of hydrogen-bond donors (Lipinski definition) is 2. The standard InChI is InChI=1S/C20H18ClN5O3S.2C2H6/c1-5-22-19-17(11(3)21)25-20(30-19)26-18(28)14-8-23-10(2)6-12(14)13-7-16(27)24-9-15(13)29-4;2*1-2/h5-9H,1H2,2-4H3,(H,24,27)(H,25,26,28);2*1-2H3/b17-11-,22-19?;;. The van der Waals surface area contributed by atoms with Crippen LogP contribution in [0.25, 0.3) is 11.1 Å². The number of pyridine rings is 2. The molecule has 0 radical (unpaired) electrons. The van der Waals surface area contributed by atoms with Crippen LogP contribution in [-0.2, 0) is 0 Å². The number of nitrogens with zero attached hydrogens (tertiary/aromatic N) is 3. The van der Waals surface area contributed by atoms with E-state index in [0.717, 1.165) is 11.8 Å². The van der Waals surface area contributed by atoms with Gasteiger partial charge in [0, 0.05) is 46.5 Å². The molecule has 1 aliphatic rings. The molecule has 0 aromatic carbocycles. The van der Waals surface area contributed by atoms with Crippen LogP contribution in [0.4, 0.5) is 0 Å². The van der Waals surface area contributed by atoms with Crippen molar-refractivity contribution in [2.75, 3.05) is 7.11 Å². The summed E-state index contributed by atoms with van der Waals surface area (Å²) in [5.41, 5.74) is 2.07. The minimum Gasteiger partial charge on any atom is -0.495 e. The Morgan fingerprint density at radius 2 is 1.94 bits per heavy atom. The number of aliphatic imine (C=N–C) groups is 2. The van der Waals surface area contributed by atoms with E-state index in [1.165, 1.54) is 31.8 Å². The number of hydrogen-bond acceptors (Lipinski definition) is 7. The number of halogens is 1. The molecular weight excluding hydrogens is 474 g/mol. The van der Waals surface area contributed by atoms with Crippen LogP contribution in [-0.4, -0.2) is 33.2 Å². The van der Waals surface area contributed by atoms with Gasteiger partial charge in [0.15, 0.2) is 5.17 Å². The maximum Gasteiger partial charge on any atom is 0.259 e. The Morgan fingerprint density at radius 3 is 2.53 bits per heavy atom. The molecule has 3 heterocycles. The van der Waals surface area contributed by atoms with Crippen LogP contribution >= 0.6 is 23.4 Å². The number of carbonyl (C=O) groups excluding carboxylic acids is 1. The summed E-state index contributed by atoms with van der Waals surface area (Å²) in [6.07, 6.45) is 4.27. The second-order valence-electron chi connectivity index (χ2n) is 6.12. The zero-order valence-electron chi connectivity index (χ0n) is 20.4. The predicted octanol–water partition coefficient (Wildman–Crippen LogP) is 5.65. The van der Waals surface area contributed by atoms with Crippen LogP contribution in [0.5, 0.6) is 5.75 Å². The maximum absolute atomic E-state index is 13.1. The number of aryl methyl sites for hydroxylation is 1. The topological polar surface area (TPSA) is 109 Å². The van der Waals surface area contributed by atoms with Gasteiger partial charge in [-0.3, -0.25) is 14.6 Å². The number of amidine groups is 1. The van der Waals surface area contributed by atoms with Gasteiger partial charge in [-0.05, 0) is 31.7 Å². The Hall–Kier alpha value is -3.17. The highest BCUT2D eigenvalue weighted by molar-refractivity contribution is 8.27. The minimum atomic E-state index is -0.447. The third-order valence-corrected chi connectivity index (χ3v) is 5.10. The number of thioether (sulfide) groups is 1. The second kappa shape index (κ2) is 14.2. The van der Waals surface area contributed by atoms with Gasteiger partial charge in [-0.2, -0.15) is 0 Å². The molecule has 0 fully saturated rings. The first-order chi connectivity index (χ1) is 16.3. The predicted molar refractivity (Wildman–Crippen MR) is 143 cm³/mol. The summed E-state index contributed by atoms with van der Waals surface area (Å²) in [4.78, 5) is 40.2. The van der Waals surface area contributed by atoms with E-state index in [9.17, 15) is 9.59 Å². The normalized spacial score (nSPS) is 14.7. The first-order valence-electron chi connectivity index (χ1n) is 10.7. The zero-order valence-corrected chi connectivity index (χ0v) is 22.0. The molecule has 0 spiro atoms. The van der Waals surface area contributed by atoms with Gasteiger partial charge >= 0.3 is 0 Å². The molecule has 0 aliphatic carbocycles. The Balaban J connectivity index is 0.00000137. The van der Waals surface area contributed by atoms with E-state index in [4.69, 9.17) is 16.3 Å². The summed E-state index contributed by atoms with van der Waals surface area (Å²) in [5.74, 6) is -0.0252. The number of allylic oxidation sites excluding steroid dienone is 1. The van der Waals surface area contributed by atoms with Crippen molar-refractivity contribution in [3.05, 3.63) is 69.6 Å². The summed E-state index contributed by atoms with van der Waals surface area (Å²) in [6.45, 7) is 15.1. The smallest absolute Gasteiger partial charge is 0.259 e. The van der Waals surface area contributed by atoms with Crippen molar-refractivity contribution in [1.82, 2.24) is 15.3 Å². The van der Waals surface area contributed by atoms with E-state index in [1.807, 2.05) is 27.7 Å². The minimum absolute atomic E-state index is 0.259. The molecule has 1 aliphatic heterocycles. The number of nitrogens with one attached hydrogen (secondary N) is 2. The summed E-state index contributed by atoms with van der Waals surface area (Å²) >= 11 is 7.24. The van der Waals surface area contributed by atoms with Crippen molar-refractivity contribution in [3.63, 3.8) is 0 Å². The van der Waals surface area contributed by atoms with E-state index in [0.29, 0.717) is 43.5 Å². The lowest BCUT2D eigenvalue weighted by molar-refractivity contribution is 0.0978. The third kappa shape index (κ3) is 7.16. The molecule has 0 atom stereocenters. The van der Waals surface area contributed by atoms with Crippen molar-refractivity contribution < 1.29 is 9.53 Å². The number of methoxy groups -OCH3 is 1. The molecule has 2 N–H and O–H groups in total. The van der Waals surface area contributed by atoms with Gasteiger partial charge in [-0.25, -0.2) is 9.98 Å². The highest BCUT2D eigenvalue weighted by Gasteiger charge is 2.25. The number of H-pyrrole nitrogens is 1. The van der Waals surface area contributed by atoms with Crippen molar-refractivity contribution >= 4 is 39.5 Å². The SMILES string of the molecule is C=CN=C1SC(NC(=O)c2cnc(C)cc2-c2cc(=O)[nH]cc2OC)=N/C1=C(/C)Cl.CC.CC. The van der Waals surface area contributed by atoms with Gasteiger partial charge in [-0.1, -0.05) is 45.9 Å². The van der Waals surface area contributed by atoms with Crippen molar-refractivity contribution in [2.24, 2.45) is 9.98 Å². The molecule has 1 amide bonds. The quantitative estimate of drug-likeness (QED) is 0.560. The molecular formula is C24H30ClN5O3S. The molecule has 0 saturated carbocycles. The Kier molecular flexibility index (Phi) is 12.0. The molecule has 3 rings (SSSR count). The fraction of sp³-hybridized carbons (Fsp3) is 0.292.